The van der Waals surface area contributed by atoms with Gasteiger partial charge in [0.1, 0.15) is 0 Å². The molecule has 0 amide bonds. The van der Waals surface area contributed by atoms with Crippen LogP contribution in [0.15, 0.2) is 9.39 Å². The van der Waals surface area contributed by atoms with Gasteiger partial charge < -0.3 is 5.73 Å². The molecule has 0 aromatic rings. The summed E-state index contributed by atoms with van der Waals surface area (Å²) in [5.74, 6) is 0.0497. The Kier molecular flexibility index (Phi) is 2.05. The minimum absolute atomic E-state index is 0.0189. The monoisotopic (exact) mass is 190 g/mol. The van der Waals surface area contributed by atoms with Gasteiger partial charge in [-0.2, -0.15) is 8.42 Å². The Hall–Kier alpha value is -1.11. The molecule has 0 fully saturated rings. The highest BCUT2D eigenvalue weighted by Gasteiger charge is 2.23. The van der Waals surface area contributed by atoms with Crippen LogP contribution in [0.5, 0.6) is 0 Å². The summed E-state index contributed by atoms with van der Waals surface area (Å²) in [5.41, 5.74) is 5.28. The zero-order valence-electron chi connectivity index (χ0n) is 6.77. The van der Waals surface area contributed by atoms with Gasteiger partial charge >= 0.3 is 10.2 Å². The normalized spacial score (nSPS) is 24.2. The maximum atomic E-state index is 10.8. The lowest BCUT2D eigenvalue weighted by molar-refractivity contribution is 0.596. The van der Waals surface area contributed by atoms with Crippen molar-refractivity contribution in [1.29, 1.82) is 0 Å². The fourth-order valence-corrected chi connectivity index (χ4v) is 1.51. The Morgan fingerprint density at radius 2 is 2.17 bits per heavy atom. The second-order valence-electron chi connectivity index (χ2n) is 2.63. The van der Waals surface area contributed by atoms with Gasteiger partial charge in [0, 0.05) is 6.04 Å². The molecule has 6 nitrogen and oxygen atoms in total. The molecular formula is C5H10N4O2S. The van der Waals surface area contributed by atoms with Gasteiger partial charge in [-0.15, -0.1) is 4.40 Å². The maximum Gasteiger partial charge on any atom is 0.345 e. The number of amidine groups is 2. The Bertz CT molecular complexity index is 340. The van der Waals surface area contributed by atoms with E-state index in [0.29, 0.717) is 0 Å². The van der Waals surface area contributed by atoms with Crippen molar-refractivity contribution >= 4 is 21.9 Å². The standard InChI is InChI=1S/C5H10N4O2S/c1-3(2)7-5-4(6)8-12(10,11)9-5/h3H,1-2H3,(H2,6,8)(H,7,9). The predicted octanol–water partition coefficient (Wildman–Crippen LogP) is -1.00. The maximum absolute atomic E-state index is 10.8. The van der Waals surface area contributed by atoms with Crippen LogP contribution in [0.3, 0.4) is 0 Å². The van der Waals surface area contributed by atoms with Crippen LogP contribution in [-0.2, 0) is 10.2 Å². The summed E-state index contributed by atoms with van der Waals surface area (Å²) in [6.07, 6.45) is 0. The van der Waals surface area contributed by atoms with E-state index < -0.39 is 10.2 Å². The molecule has 0 unspecified atom stereocenters. The SMILES string of the molecule is CC(C)N=C1NS(=O)(=O)N=C1N. The molecule has 0 spiro atoms. The summed E-state index contributed by atoms with van der Waals surface area (Å²) in [6.45, 7) is 3.62. The third-order valence-electron chi connectivity index (χ3n) is 1.07. The minimum Gasteiger partial charge on any atom is -0.380 e. The summed E-state index contributed by atoms with van der Waals surface area (Å²) < 4.78 is 26.8. The van der Waals surface area contributed by atoms with Crippen LogP contribution < -0.4 is 10.5 Å². The second kappa shape index (κ2) is 2.74. The van der Waals surface area contributed by atoms with Crippen molar-refractivity contribution in [2.75, 3.05) is 0 Å². The summed E-state index contributed by atoms with van der Waals surface area (Å²) in [6, 6.07) is -0.0189. The van der Waals surface area contributed by atoms with E-state index in [4.69, 9.17) is 5.73 Å². The van der Waals surface area contributed by atoms with E-state index in [1.54, 1.807) is 0 Å². The van der Waals surface area contributed by atoms with Crippen LogP contribution in [0, 0.1) is 0 Å². The van der Waals surface area contributed by atoms with Crippen molar-refractivity contribution < 1.29 is 8.42 Å². The molecule has 1 aliphatic rings. The highest BCUT2D eigenvalue weighted by molar-refractivity contribution is 7.89. The summed E-state index contributed by atoms with van der Waals surface area (Å²) >= 11 is 0. The van der Waals surface area contributed by atoms with E-state index in [1.807, 2.05) is 13.8 Å². The van der Waals surface area contributed by atoms with Crippen molar-refractivity contribution in [2.45, 2.75) is 19.9 Å². The van der Waals surface area contributed by atoms with Crippen molar-refractivity contribution in [3.8, 4) is 0 Å². The third kappa shape index (κ3) is 1.94. The molecule has 0 saturated heterocycles. The number of nitrogens with one attached hydrogen (secondary N) is 1. The van der Waals surface area contributed by atoms with Gasteiger partial charge in [0.2, 0.25) is 0 Å². The Morgan fingerprint density at radius 1 is 1.58 bits per heavy atom. The molecule has 1 aliphatic heterocycles. The third-order valence-corrected chi connectivity index (χ3v) is 1.96. The van der Waals surface area contributed by atoms with E-state index in [0.717, 1.165) is 0 Å². The van der Waals surface area contributed by atoms with Crippen LogP contribution in [-0.4, -0.2) is 26.1 Å². The first-order valence-electron chi connectivity index (χ1n) is 3.37. The van der Waals surface area contributed by atoms with Gasteiger partial charge in [0.05, 0.1) is 0 Å². The smallest absolute Gasteiger partial charge is 0.345 e. The highest BCUT2D eigenvalue weighted by atomic mass is 32.2. The van der Waals surface area contributed by atoms with E-state index in [9.17, 15) is 8.42 Å². The molecule has 7 heteroatoms. The molecular weight excluding hydrogens is 180 g/mol. The molecule has 0 saturated carbocycles. The molecule has 1 heterocycles. The van der Waals surface area contributed by atoms with Crippen molar-refractivity contribution in [1.82, 2.24) is 4.72 Å². The zero-order chi connectivity index (χ0) is 9.35. The molecule has 0 aromatic carbocycles. The largest absolute Gasteiger partial charge is 0.380 e. The van der Waals surface area contributed by atoms with E-state index in [2.05, 4.69) is 14.1 Å². The first kappa shape index (κ1) is 8.98. The number of rotatable bonds is 1. The zero-order valence-corrected chi connectivity index (χ0v) is 7.59. The first-order valence-corrected chi connectivity index (χ1v) is 4.81. The topological polar surface area (TPSA) is 96.9 Å². The van der Waals surface area contributed by atoms with Crippen LogP contribution in [0.2, 0.25) is 0 Å². The molecule has 1 rings (SSSR count). The van der Waals surface area contributed by atoms with E-state index in [1.165, 1.54) is 0 Å². The lowest BCUT2D eigenvalue weighted by Crippen LogP contribution is -2.31. The van der Waals surface area contributed by atoms with Crippen molar-refractivity contribution in [3.05, 3.63) is 0 Å². The average molecular weight is 190 g/mol. The summed E-state index contributed by atoms with van der Waals surface area (Å²) in [4.78, 5) is 3.92. The molecule has 68 valence electrons. The van der Waals surface area contributed by atoms with Gasteiger partial charge in [-0.25, -0.2) is 4.72 Å². The van der Waals surface area contributed by atoms with Crippen molar-refractivity contribution in [2.24, 2.45) is 15.1 Å². The van der Waals surface area contributed by atoms with Gasteiger partial charge in [0.25, 0.3) is 0 Å². The van der Waals surface area contributed by atoms with Crippen LogP contribution in [0.25, 0.3) is 0 Å². The number of aliphatic imine (C=N–C) groups is 1. The van der Waals surface area contributed by atoms with Gasteiger partial charge in [-0.3, -0.25) is 4.99 Å². The van der Waals surface area contributed by atoms with Crippen molar-refractivity contribution in [3.63, 3.8) is 0 Å². The van der Waals surface area contributed by atoms with Gasteiger partial charge in [-0.1, -0.05) is 0 Å². The predicted molar refractivity (Wildman–Crippen MR) is 46.2 cm³/mol. The first-order chi connectivity index (χ1) is 5.41. The van der Waals surface area contributed by atoms with Crippen LogP contribution in [0.1, 0.15) is 13.8 Å². The Balaban J connectivity index is 2.97. The number of nitrogens with two attached hydrogens (primary N) is 1. The molecule has 12 heavy (non-hydrogen) atoms. The average Bonchev–Trinajstić information content (AvgIpc) is 2.03. The molecule has 0 radical (unpaired) electrons. The lowest BCUT2D eigenvalue weighted by Gasteiger charge is -1.99. The summed E-state index contributed by atoms with van der Waals surface area (Å²) in [7, 11) is -3.61. The molecule has 0 bridgehead atoms. The van der Waals surface area contributed by atoms with E-state index >= 15 is 0 Å². The number of hydrogen-bond acceptors (Lipinski definition) is 4. The fourth-order valence-electron chi connectivity index (χ4n) is 0.721. The van der Waals surface area contributed by atoms with Crippen LogP contribution in [0.4, 0.5) is 0 Å². The molecule has 0 aliphatic carbocycles. The Morgan fingerprint density at radius 3 is 2.50 bits per heavy atom. The van der Waals surface area contributed by atoms with Gasteiger partial charge in [0.15, 0.2) is 11.7 Å². The lowest BCUT2D eigenvalue weighted by atomic mass is 10.4. The highest BCUT2D eigenvalue weighted by Crippen LogP contribution is 1.99. The number of nitrogens with zero attached hydrogens (tertiary/aromatic N) is 2. The molecule has 0 aromatic heterocycles. The van der Waals surface area contributed by atoms with E-state index in [-0.39, 0.29) is 17.7 Å². The quantitative estimate of drug-likeness (QED) is 0.555. The fraction of sp³-hybridized carbons (Fsp3) is 0.600. The summed E-state index contributed by atoms with van der Waals surface area (Å²) in [5, 5.41) is 0. The molecule has 0 atom stereocenters. The number of hydrogen-bond donors (Lipinski definition) is 2. The second-order valence-corrected chi connectivity index (χ2v) is 3.96. The Labute approximate surface area is 70.8 Å². The van der Waals surface area contributed by atoms with Crippen LogP contribution >= 0.6 is 0 Å². The molecule has 3 N–H and O–H groups in total. The minimum atomic E-state index is -3.61. The van der Waals surface area contributed by atoms with Gasteiger partial charge in [-0.05, 0) is 13.8 Å².